The van der Waals surface area contributed by atoms with Gasteiger partial charge in [-0.15, -0.1) is 0 Å². The highest BCUT2D eigenvalue weighted by Gasteiger charge is 2.65. The van der Waals surface area contributed by atoms with Crippen LogP contribution in [-0.4, -0.2) is 18.1 Å². The minimum atomic E-state index is -6.49. The van der Waals surface area contributed by atoms with Crippen molar-refractivity contribution in [3.8, 4) is 5.75 Å². The van der Waals surface area contributed by atoms with Crippen LogP contribution in [0.3, 0.4) is 0 Å². The molecule has 0 aliphatic heterocycles. The van der Waals surface area contributed by atoms with Crippen molar-refractivity contribution in [3.63, 3.8) is 0 Å². The largest absolute Gasteiger partial charge is 0.465 e. The van der Waals surface area contributed by atoms with Crippen LogP contribution in [0.25, 0.3) is 0 Å². The molecule has 2 nitrogen and oxygen atoms in total. The van der Waals surface area contributed by atoms with E-state index in [0.29, 0.717) is 0 Å². The predicted molar refractivity (Wildman–Crippen MR) is 42.9 cm³/mol. The van der Waals surface area contributed by atoms with Gasteiger partial charge >= 0.3 is 18.1 Å². The summed E-state index contributed by atoms with van der Waals surface area (Å²) in [6.45, 7) is 0. The highest BCUT2D eigenvalue weighted by atomic mass is 19.4. The summed E-state index contributed by atoms with van der Waals surface area (Å²) < 4.78 is 127. The molecule has 0 aliphatic carbocycles. The van der Waals surface area contributed by atoms with Gasteiger partial charge in [0.1, 0.15) is 0 Å². The first-order valence-corrected chi connectivity index (χ1v) is 4.50. The minimum absolute atomic E-state index is 2.57. The lowest BCUT2D eigenvalue weighted by Crippen LogP contribution is -2.46. The van der Waals surface area contributed by atoms with Crippen molar-refractivity contribution < 1.29 is 53.4 Å². The number of carbonyl (C=O) groups excluding carboxylic acids is 1. The second kappa shape index (κ2) is 5.07. The zero-order valence-electron chi connectivity index (χ0n) is 9.10. The molecule has 0 aliphatic rings. The summed E-state index contributed by atoms with van der Waals surface area (Å²) in [5.74, 6) is -26.2. The van der Waals surface area contributed by atoms with Crippen LogP contribution in [0, 0.1) is 29.1 Å². The average molecular weight is 330 g/mol. The zero-order chi connectivity index (χ0) is 16.7. The molecule has 1 aromatic rings. The second-order valence-corrected chi connectivity index (χ2v) is 3.36. The Morgan fingerprint density at radius 1 is 0.714 bits per heavy atom. The maximum atomic E-state index is 12.9. The molecule has 0 saturated heterocycles. The molecule has 0 bridgehead atoms. The Morgan fingerprint density at radius 3 is 1.38 bits per heavy atom. The number of halogens is 10. The van der Waals surface area contributed by atoms with E-state index in [1.807, 2.05) is 0 Å². The van der Waals surface area contributed by atoms with Crippen molar-refractivity contribution in [1.82, 2.24) is 0 Å². The van der Waals surface area contributed by atoms with Crippen LogP contribution in [0.5, 0.6) is 5.75 Å². The van der Waals surface area contributed by atoms with Gasteiger partial charge in [0.05, 0.1) is 0 Å². The maximum Gasteiger partial charge on any atom is 0.465 e. The Morgan fingerprint density at radius 2 is 1.05 bits per heavy atom. The molecule has 0 N–H and O–H groups in total. The lowest BCUT2D eigenvalue weighted by atomic mass is 10.2. The Labute approximate surface area is 107 Å². The standard InChI is InChI=1S/C9F10O2/c10-1-2(11)4(13)6(5(14)3(1)12)21-7(20)8(15,16)9(17,18)19. The van der Waals surface area contributed by atoms with E-state index in [2.05, 4.69) is 4.74 Å². The SMILES string of the molecule is O=C(Oc1c(F)c(F)c(F)c(F)c1F)C(F)(F)C(F)(F)F. The topological polar surface area (TPSA) is 26.3 Å². The number of rotatable bonds is 2. The van der Waals surface area contributed by atoms with Crippen LogP contribution in [0.1, 0.15) is 0 Å². The number of benzene rings is 1. The fourth-order valence-electron chi connectivity index (χ4n) is 0.947. The van der Waals surface area contributed by atoms with Crippen LogP contribution < -0.4 is 4.74 Å². The summed E-state index contributed by atoms with van der Waals surface area (Å²) in [6, 6.07) is 0. The molecule has 0 radical (unpaired) electrons. The van der Waals surface area contributed by atoms with Crippen molar-refractivity contribution >= 4 is 5.97 Å². The number of alkyl halides is 5. The third-order valence-corrected chi connectivity index (χ3v) is 1.98. The molecule has 1 rings (SSSR count). The molecule has 118 valence electrons. The van der Waals surface area contributed by atoms with E-state index in [1.165, 1.54) is 0 Å². The highest BCUT2D eigenvalue weighted by molar-refractivity contribution is 5.81. The van der Waals surface area contributed by atoms with E-state index in [9.17, 15) is 48.7 Å². The van der Waals surface area contributed by atoms with Gasteiger partial charge in [0.2, 0.25) is 34.8 Å². The average Bonchev–Trinajstić information content (AvgIpc) is 2.37. The first kappa shape index (κ1) is 17.0. The number of ether oxygens (including phenoxy) is 1. The first-order chi connectivity index (χ1) is 9.32. The summed E-state index contributed by atoms with van der Waals surface area (Å²) in [5.41, 5.74) is 0. The van der Waals surface area contributed by atoms with E-state index in [4.69, 9.17) is 0 Å². The third kappa shape index (κ3) is 2.74. The van der Waals surface area contributed by atoms with Gasteiger partial charge in [-0.3, -0.25) is 0 Å². The quantitative estimate of drug-likeness (QED) is 0.273. The Kier molecular flexibility index (Phi) is 4.12. The molecule has 0 unspecified atom stereocenters. The molecule has 0 fully saturated rings. The van der Waals surface area contributed by atoms with Gasteiger partial charge in [-0.05, 0) is 0 Å². The maximum absolute atomic E-state index is 12.9. The van der Waals surface area contributed by atoms with Crippen molar-refractivity contribution in [2.24, 2.45) is 0 Å². The fourth-order valence-corrected chi connectivity index (χ4v) is 0.947. The van der Waals surface area contributed by atoms with Gasteiger partial charge in [0.15, 0.2) is 0 Å². The first-order valence-electron chi connectivity index (χ1n) is 4.50. The van der Waals surface area contributed by atoms with Gasteiger partial charge in [-0.25, -0.2) is 18.0 Å². The second-order valence-electron chi connectivity index (χ2n) is 3.36. The van der Waals surface area contributed by atoms with E-state index in [1.54, 1.807) is 0 Å². The Hall–Kier alpha value is -2.01. The summed E-state index contributed by atoms with van der Waals surface area (Å²) in [4.78, 5) is 10.5. The molecule has 0 heterocycles. The summed E-state index contributed by atoms with van der Waals surface area (Å²) in [5, 5.41) is 0. The van der Waals surface area contributed by atoms with Crippen molar-refractivity contribution in [3.05, 3.63) is 29.1 Å². The molecule has 0 aromatic heterocycles. The van der Waals surface area contributed by atoms with E-state index in [0.717, 1.165) is 0 Å². The van der Waals surface area contributed by atoms with Crippen LogP contribution in [-0.2, 0) is 4.79 Å². The molecule has 0 saturated carbocycles. The van der Waals surface area contributed by atoms with Crippen LogP contribution in [0.15, 0.2) is 0 Å². The smallest absolute Gasteiger partial charge is 0.415 e. The van der Waals surface area contributed by atoms with Crippen LogP contribution >= 0.6 is 0 Å². The summed E-state index contributed by atoms with van der Waals surface area (Å²) in [7, 11) is 0. The number of carbonyl (C=O) groups is 1. The van der Waals surface area contributed by atoms with Crippen molar-refractivity contribution in [2.45, 2.75) is 12.1 Å². The molecule has 1 aromatic carbocycles. The van der Waals surface area contributed by atoms with Crippen molar-refractivity contribution in [1.29, 1.82) is 0 Å². The molecule has 0 amide bonds. The lowest BCUT2D eigenvalue weighted by molar-refractivity contribution is -0.276. The Balaban J connectivity index is 3.31. The van der Waals surface area contributed by atoms with Gasteiger partial charge in [0, 0.05) is 0 Å². The molecule has 0 spiro atoms. The van der Waals surface area contributed by atoms with Gasteiger partial charge < -0.3 is 4.74 Å². The van der Waals surface area contributed by atoms with Crippen molar-refractivity contribution in [2.75, 3.05) is 0 Å². The third-order valence-electron chi connectivity index (χ3n) is 1.98. The lowest BCUT2D eigenvalue weighted by Gasteiger charge is -2.18. The van der Waals surface area contributed by atoms with Gasteiger partial charge in [-0.1, -0.05) is 0 Å². The van der Waals surface area contributed by atoms with Gasteiger partial charge in [0.25, 0.3) is 0 Å². The Bertz CT molecular complexity index is 562. The predicted octanol–water partition coefficient (Wildman–Crippen LogP) is 3.49. The molecule has 0 atom stereocenters. The van der Waals surface area contributed by atoms with E-state index in [-0.39, 0.29) is 0 Å². The van der Waals surface area contributed by atoms with E-state index >= 15 is 0 Å². The van der Waals surface area contributed by atoms with Gasteiger partial charge in [-0.2, -0.15) is 30.7 Å². The highest BCUT2D eigenvalue weighted by Crippen LogP contribution is 2.38. The summed E-state index contributed by atoms with van der Waals surface area (Å²) >= 11 is 0. The number of esters is 1. The summed E-state index contributed by atoms with van der Waals surface area (Å²) in [6.07, 6.45) is -6.49. The number of hydrogen-bond acceptors (Lipinski definition) is 2. The van der Waals surface area contributed by atoms with Crippen LogP contribution in [0.2, 0.25) is 0 Å². The zero-order valence-corrected chi connectivity index (χ0v) is 9.10. The molecular weight excluding hydrogens is 330 g/mol. The number of hydrogen-bond donors (Lipinski definition) is 0. The minimum Gasteiger partial charge on any atom is -0.415 e. The van der Waals surface area contributed by atoms with Crippen LogP contribution in [0.4, 0.5) is 43.9 Å². The van der Waals surface area contributed by atoms with E-state index < -0.39 is 52.9 Å². The molecule has 12 heteroatoms. The monoisotopic (exact) mass is 330 g/mol. The normalized spacial score (nSPS) is 12.5. The molecule has 21 heavy (non-hydrogen) atoms. The molecular formula is C9F10O2. The fraction of sp³-hybridized carbons (Fsp3) is 0.222.